The number of nitrogens with zero attached hydrogens (tertiary/aromatic N) is 4. The predicted molar refractivity (Wildman–Crippen MR) is 76.9 cm³/mol. The van der Waals surface area contributed by atoms with Gasteiger partial charge >= 0.3 is 0 Å². The average molecular weight is 295 g/mol. The van der Waals surface area contributed by atoms with Gasteiger partial charge in [0.05, 0.1) is 6.54 Å². The Balaban J connectivity index is 1.85. The van der Waals surface area contributed by atoms with Crippen LogP contribution >= 0.6 is 11.8 Å². The second-order valence-corrected chi connectivity index (χ2v) is 5.30. The Bertz CT molecular complexity index is 531. The van der Waals surface area contributed by atoms with E-state index in [-0.39, 0.29) is 5.82 Å². The van der Waals surface area contributed by atoms with Gasteiger partial charge in [0.15, 0.2) is 0 Å². The minimum Gasteiger partial charge on any atom is -0.315 e. The van der Waals surface area contributed by atoms with Crippen LogP contribution < -0.4 is 5.32 Å². The van der Waals surface area contributed by atoms with E-state index in [1.165, 1.54) is 23.9 Å². The van der Waals surface area contributed by atoms with Crippen LogP contribution in [0.1, 0.15) is 18.9 Å². The van der Waals surface area contributed by atoms with E-state index in [1.54, 1.807) is 10.7 Å². The zero-order chi connectivity index (χ0) is 14.2. The molecule has 2 aromatic rings. The smallest absolute Gasteiger partial charge is 0.209 e. The van der Waals surface area contributed by atoms with Crippen LogP contribution in [-0.4, -0.2) is 33.3 Å². The van der Waals surface area contributed by atoms with Crippen molar-refractivity contribution in [3.05, 3.63) is 35.6 Å². The van der Waals surface area contributed by atoms with Crippen molar-refractivity contribution >= 4 is 11.8 Å². The van der Waals surface area contributed by atoms with Gasteiger partial charge in [-0.05, 0) is 41.1 Å². The third-order valence-corrected chi connectivity index (χ3v) is 3.71. The molecule has 2 rings (SSSR count). The number of benzene rings is 1. The van der Waals surface area contributed by atoms with E-state index in [0.717, 1.165) is 36.8 Å². The van der Waals surface area contributed by atoms with E-state index in [0.29, 0.717) is 5.75 Å². The number of hydrogen-bond acceptors (Lipinski definition) is 5. The standard InChI is InChI=1S/C13H18FN5S/c1-2-6-15-7-8-19-13(16-17-18-19)20-10-11-4-3-5-12(14)9-11/h3-5,9,15H,2,6-8,10H2,1H3. The fourth-order valence-corrected chi connectivity index (χ4v) is 2.55. The lowest BCUT2D eigenvalue weighted by Gasteiger charge is -2.05. The van der Waals surface area contributed by atoms with Gasteiger partial charge in [-0.2, -0.15) is 0 Å². The molecule has 0 spiro atoms. The molecular weight excluding hydrogens is 277 g/mol. The summed E-state index contributed by atoms with van der Waals surface area (Å²) < 4.78 is 14.9. The number of nitrogens with one attached hydrogen (secondary N) is 1. The molecule has 0 saturated heterocycles. The number of thioether (sulfide) groups is 1. The minimum atomic E-state index is -0.216. The summed E-state index contributed by atoms with van der Waals surface area (Å²) in [7, 11) is 0. The summed E-state index contributed by atoms with van der Waals surface area (Å²) in [6.45, 7) is 4.70. The normalized spacial score (nSPS) is 10.9. The fraction of sp³-hybridized carbons (Fsp3) is 0.462. The van der Waals surface area contributed by atoms with Crippen LogP contribution in [-0.2, 0) is 12.3 Å². The van der Waals surface area contributed by atoms with Gasteiger partial charge in [-0.25, -0.2) is 9.07 Å². The third-order valence-electron chi connectivity index (χ3n) is 2.68. The molecule has 0 aliphatic heterocycles. The maximum Gasteiger partial charge on any atom is 0.209 e. The van der Waals surface area contributed by atoms with Crippen LogP contribution in [0.3, 0.4) is 0 Å². The number of aromatic nitrogens is 4. The summed E-state index contributed by atoms with van der Waals surface area (Å²) >= 11 is 1.51. The molecule has 0 aliphatic rings. The Hall–Kier alpha value is -1.47. The lowest BCUT2D eigenvalue weighted by atomic mass is 10.2. The zero-order valence-corrected chi connectivity index (χ0v) is 12.2. The lowest BCUT2D eigenvalue weighted by molar-refractivity contribution is 0.510. The Morgan fingerprint density at radius 2 is 2.25 bits per heavy atom. The first-order chi connectivity index (χ1) is 9.79. The molecule has 20 heavy (non-hydrogen) atoms. The van der Waals surface area contributed by atoms with E-state index in [9.17, 15) is 4.39 Å². The Labute approximate surface area is 122 Å². The summed E-state index contributed by atoms with van der Waals surface area (Å²) in [5.41, 5.74) is 0.925. The van der Waals surface area contributed by atoms with Crippen molar-refractivity contribution < 1.29 is 4.39 Å². The van der Waals surface area contributed by atoms with Gasteiger partial charge in [-0.15, -0.1) is 5.10 Å². The van der Waals surface area contributed by atoms with Crippen molar-refractivity contribution in [1.29, 1.82) is 0 Å². The van der Waals surface area contributed by atoms with E-state index in [2.05, 4.69) is 27.8 Å². The molecule has 0 bridgehead atoms. The van der Waals surface area contributed by atoms with E-state index in [1.807, 2.05) is 6.07 Å². The summed E-state index contributed by atoms with van der Waals surface area (Å²) in [5, 5.41) is 15.7. The van der Waals surface area contributed by atoms with Gasteiger partial charge < -0.3 is 5.32 Å². The molecule has 0 radical (unpaired) electrons. The van der Waals surface area contributed by atoms with Crippen LogP contribution in [0.4, 0.5) is 4.39 Å². The molecule has 7 heteroatoms. The number of halogens is 1. The van der Waals surface area contributed by atoms with E-state index >= 15 is 0 Å². The largest absolute Gasteiger partial charge is 0.315 e. The van der Waals surface area contributed by atoms with Gasteiger partial charge in [0.25, 0.3) is 0 Å². The van der Waals surface area contributed by atoms with Crippen molar-refractivity contribution in [2.24, 2.45) is 0 Å². The van der Waals surface area contributed by atoms with Crippen molar-refractivity contribution in [3.8, 4) is 0 Å². The fourth-order valence-electron chi connectivity index (χ4n) is 1.70. The molecule has 0 atom stereocenters. The number of tetrazole rings is 1. The molecular formula is C13H18FN5S. The Morgan fingerprint density at radius 3 is 3.05 bits per heavy atom. The van der Waals surface area contributed by atoms with Crippen molar-refractivity contribution in [2.75, 3.05) is 13.1 Å². The third kappa shape index (κ3) is 4.57. The SMILES string of the molecule is CCCNCCn1nnnc1SCc1cccc(F)c1. The van der Waals surface area contributed by atoms with Crippen LogP contribution in [0.5, 0.6) is 0 Å². The van der Waals surface area contributed by atoms with Crippen LogP contribution in [0.25, 0.3) is 0 Å². The van der Waals surface area contributed by atoms with Gasteiger partial charge in [-0.1, -0.05) is 30.8 Å². The van der Waals surface area contributed by atoms with E-state index in [4.69, 9.17) is 0 Å². The minimum absolute atomic E-state index is 0.216. The second-order valence-electron chi connectivity index (χ2n) is 4.35. The van der Waals surface area contributed by atoms with Crippen molar-refractivity contribution in [2.45, 2.75) is 30.8 Å². The molecule has 0 aliphatic carbocycles. The van der Waals surface area contributed by atoms with E-state index < -0.39 is 0 Å². The molecule has 1 N–H and O–H groups in total. The quantitative estimate of drug-likeness (QED) is 0.597. The zero-order valence-electron chi connectivity index (χ0n) is 11.4. The molecule has 108 valence electrons. The Kier molecular flexibility index (Phi) is 5.94. The van der Waals surface area contributed by atoms with Crippen LogP contribution in [0.15, 0.2) is 29.4 Å². The lowest BCUT2D eigenvalue weighted by Crippen LogP contribution is -2.21. The summed E-state index contributed by atoms with van der Waals surface area (Å²) in [6.07, 6.45) is 1.11. The van der Waals surface area contributed by atoms with Gasteiger partial charge in [0.2, 0.25) is 5.16 Å². The summed E-state index contributed by atoms with van der Waals surface area (Å²) in [6, 6.07) is 6.58. The first kappa shape index (κ1) is 14.9. The van der Waals surface area contributed by atoms with Crippen LogP contribution in [0.2, 0.25) is 0 Å². The summed E-state index contributed by atoms with van der Waals surface area (Å²) in [4.78, 5) is 0. The van der Waals surface area contributed by atoms with Crippen molar-refractivity contribution in [3.63, 3.8) is 0 Å². The monoisotopic (exact) mass is 295 g/mol. The van der Waals surface area contributed by atoms with Gasteiger partial charge in [-0.3, -0.25) is 0 Å². The highest BCUT2D eigenvalue weighted by Gasteiger charge is 2.07. The molecule has 1 aromatic heterocycles. The number of hydrogen-bond donors (Lipinski definition) is 1. The van der Waals surface area contributed by atoms with Crippen molar-refractivity contribution in [1.82, 2.24) is 25.5 Å². The highest BCUT2D eigenvalue weighted by atomic mass is 32.2. The maximum absolute atomic E-state index is 13.1. The topological polar surface area (TPSA) is 55.6 Å². The highest BCUT2D eigenvalue weighted by Crippen LogP contribution is 2.20. The molecule has 5 nitrogen and oxygen atoms in total. The highest BCUT2D eigenvalue weighted by molar-refractivity contribution is 7.98. The van der Waals surface area contributed by atoms with Gasteiger partial charge in [0, 0.05) is 12.3 Å². The second kappa shape index (κ2) is 7.96. The molecule has 0 saturated carbocycles. The number of rotatable bonds is 8. The maximum atomic E-state index is 13.1. The molecule has 0 fully saturated rings. The molecule has 0 unspecified atom stereocenters. The molecule has 1 heterocycles. The summed E-state index contributed by atoms with van der Waals surface area (Å²) in [5.74, 6) is 0.437. The predicted octanol–water partition coefficient (Wildman–Crippen LogP) is 2.10. The first-order valence-corrected chi connectivity index (χ1v) is 7.62. The Morgan fingerprint density at radius 1 is 1.35 bits per heavy atom. The first-order valence-electron chi connectivity index (χ1n) is 6.63. The average Bonchev–Trinajstić information content (AvgIpc) is 2.89. The van der Waals surface area contributed by atoms with Gasteiger partial charge in [0.1, 0.15) is 5.82 Å². The van der Waals surface area contributed by atoms with Crippen LogP contribution in [0, 0.1) is 5.82 Å². The molecule has 0 amide bonds. The molecule has 1 aromatic carbocycles.